The summed E-state index contributed by atoms with van der Waals surface area (Å²) < 4.78 is 81.7. The number of nitrogens with zero attached hydrogens (tertiary/aromatic N) is 3. The molecular formula is C22H24F5N3O3. The number of hydrogen-bond acceptors (Lipinski definition) is 5. The first-order valence-corrected chi connectivity index (χ1v) is 10.3. The molecule has 0 saturated carbocycles. The number of methoxy groups -OCH3 is 1. The number of alkyl halides is 3. The maximum atomic E-state index is 14.6. The second-order valence-electron chi connectivity index (χ2n) is 7.49. The minimum atomic E-state index is -4.82. The number of ether oxygens (including phenoxy) is 2. The summed E-state index contributed by atoms with van der Waals surface area (Å²) >= 11 is 0. The maximum Gasteiger partial charge on any atom is 0.421 e. The lowest BCUT2D eigenvalue weighted by Crippen LogP contribution is -2.38. The largest absolute Gasteiger partial charge is 0.497 e. The lowest BCUT2D eigenvalue weighted by molar-refractivity contribution is -0.136. The van der Waals surface area contributed by atoms with Crippen molar-refractivity contribution in [2.24, 2.45) is 0 Å². The first-order valence-electron chi connectivity index (χ1n) is 10.3. The van der Waals surface area contributed by atoms with Crippen LogP contribution in [0.2, 0.25) is 0 Å². The van der Waals surface area contributed by atoms with E-state index in [1.54, 1.807) is 6.92 Å². The van der Waals surface area contributed by atoms with Gasteiger partial charge in [0, 0.05) is 49.4 Å². The molecule has 1 saturated heterocycles. The Labute approximate surface area is 187 Å². The fourth-order valence-corrected chi connectivity index (χ4v) is 3.91. The molecule has 0 N–H and O–H groups in total. The minimum absolute atomic E-state index is 0.0323. The Kier molecular flexibility index (Phi) is 7.72. The van der Waals surface area contributed by atoms with Gasteiger partial charge in [-0.25, -0.2) is 13.8 Å². The van der Waals surface area contributed by atoms with Crippen LogP contribution < -0.4 is 14.5 Å². The van der Waals surface area contributed by atoms with Gasteiger partial charge >= 0.3 is 6.18 Å². The molecule has 1 aromatic heterocycles. The lowest BCUT2D eigenvalue weighted by Gasteiger charge is -2.33. The Morgan fingerprint density at radius 2 is 1.88 bits per heavy atom. The van der Waals surface area contributed by atoms with Crippen LogP contribution in [-0.4, -0.2) is 51.4 Å². The number of carbonyl (C=O) groups is 1. The normalized spacial score (nSPS) is 15.3. The Morgan fingerprint density at radius 1 is 1.24 bits per heavy atom. The monoisotopic (exact) mass is 473 g/mol. The van der Waals surface area contributed by atoms with Crippen molar-refractivity contribution in [3.8, 4) is 5.75 Å². The molecule has 2 heterocycles. The van der Waals surface area contributed by atoms with E-state index in [0.29, 0.717) is 0 Å². The van der Waals surface area contributed by atoms with Gasteiger partial charge in [0.25, 0.3) is 0 Å². The molecule has 11 heteroatoms. The molecule has 1 atom stereocenters. The third-order valence-corrected chi connectivity index (χ3v) is 5.55. The molecule has 0 radical (unpaired) electrons. The van der Waals surface area contributed by atoms with E-state index in [2.05, 4.69) is 4.98 Å². The summed E-state index contributed by atoms with van der Waals surface area (Å²) in [6.07, 6.45) is -3.28. The predicted molar refractivity (Wildman–Crippen MR) is 112 cm³/mol. The number of halogens is 5. The third-order valence-electron chi connectivity index (χ3n) is 5.55. The van der Waals surface area contributed by atoms with E-state index >= 15 is 0 Å². The molecule has 0 bridgehead atoms. The summed E-state index contributed by atoms with van der Waals surface area (Å²) in [5.74, 6) is -3.38. The van der Waals surface area contributed by atoms with E-state index in [4.69, 9.17) is 9.47 Å². The summed E-state index contributed by atoms with van der Waals surface area (Å²) in [6.45, 7) is 2.24. The SMILES string of the molecule is CCC(CN(C=O)c1nccc(N2CCOCC2)c1C(F)(F)F)c1c(F)cc(OC)cc1F. The predicted octanol–water partition coefficient (Wildman–Crippen LogP) is 4.38. The van der Waals surface area contributed by atoms with E-state index in [9.17, 15) is 26.7 Å². The number of anilines is 2. The Morgan fingerprint density at radius 3 is 2.39 bits per heavy atom. The van der Waals surface area contributed by atoms with E-state index in [0.717, 1.165) is 17.0 Å². The van der Waals surface area contributed by atoms with Gasteiger partial charge in [-0.05, 0) is 12.5 Å². The van der Waals surface area contributed by atoms with E-state index in [1.165, 1.54) is 24.3 Å². The van der Waals surface area contributed by atoms with Crippen molar-refractivity contribution in [3.63, 3.8) is 0 Å². The molecule has 1 amide bonds. The molecule has 0 aliphatic carbocycles. The Hall–Kier alpha value is -2.95. The first-order chi connectivity index (χ1) is 15.7. The van der Waals surface area contributed by atoms with Crippen LogP contribution in [0.25, 0.3) is 0 Å². The number of benzene rings is 1. The van der Waals surface area contributed by atoms with Gasteiger partial charge in [-0.3, -0.25) is 9.69 Å². The Bertz CT molecular complexity index is 957. The van der Waals surface area contributed by atoms with Crippen LogP contribution in [0.5, 0.6) is 5.75 Å². The quantitative estimate of drug-likeness (QED) is 0.421. The van der Waals surface area contributed by atoms with Gasteiger partial charge in [0.2, 0.25) is 6.41 Å². The smallest absolute Gasteiger partial charge is 0.421 e. The zero-order valence-electron chi connectivity index (χ0n) is 18.2. The minimum Gasteiger partial charge on any atom is -0.497 e. The number of aromatic nitrogens is 1. The van der Waals surface area contributed by atoms with Crippen molar-refractivity contribution >= 4 is 17.9 Å². The van der Waals surface area contributed by atoms with Gasteiger partial charge in [-0.2, -0.15) is 13.2 Å². The molecule has 0 spiro atoms. The third kappa shape index (κ3) is 5.35. The van der Waals surface area contributed by atoms with Crippen LogP contribution in [0.15, 0.2) is 24.4 Å². The van der Waals surface area contributed by atoms with Crippen molar-refractivity contribution in [2.45, 2.75) is 25.4 Å². The van der Waals surface area contributed by atoms with E-state index in [1.807, 2.05) is 0 Å². The molecule has 33 heavy (non-hydrogen) atoms. The molecular weight excluding hydrogens is 449 g/mol. The number of rotatable bonds is 8. The summed E-state index contributed by atoms with van der Waals surface area (Å²) in [6, 6.07) is 3.22. The first kappa shape index (κ1) is 24.7. The number of morpholine rings is 1. The zero-order chi connectivity index (χ0) is 24.2. The van der Waals surface area contributed by atoms with Crippen LogP contribution >= 0.6 is 0 Å². The highest BCUT2D eigenvalue weighted by molar-refractivity contribution is 5.79. The molecule has 1 fully saturated rings. The summed E-state index contributed by atoms with van der Waals surface area (Å²) in [7, 11) is 1.26. The van der Waals surface area contributed by atoms with Crippen molar-refractivity contribution in [1.29, 1.82) is 0 Å². The standard InChI is InChI=1S/C22H24F5N3O3/c1-3-14(19-16(23)10-15(32-2)11-17(19)24)12-30(13-31)21-20(22(25,26)27)18(4-5-28-21)29-6-8-33-9-7-29/h4-5,10-11,13-14H,3,6-9,12H2,1-2H3. The van der Waals surface area contributed by atoms with Gasteiger partial charge < -0.3 is 14.4 Å². The van der Waals surface area contributed by atoms with Gasteiger partial charge in [0.1, 0.15) is 28.8 Å². The van der Waals surface area contributed by atoms with Crippen molar-refractivity contribution in [1.82, 2.24) is 4.98 Å². The molecule has 1 aliphatic heterocycles. The highest BCUT2D eigenvalue weighted by Gasteiger charge is 2.41. The lowest BCUT2D eigenvalue weighted by atomic mass is 9.94. The van der Waals surface area contributed by atoms with Crippen molar-refractivity contribution < 1.29 is 36.2 Å². The average Bonchev–Trinajstić information content (AvgIpc) is 2.80. The summed E-state index contributed by atoms with van der Waals surface area (Å²) in [5, 5.41) is 0. The number of hydrogen-bond donors (Lipinski definition) is 0. The number of pyridine rings is 1. The van der Waals surface area contributed by atoms with Gasteiger partial charge in [0.05, 0.1) is 26.0 Å². The molecule has 1 aliphatic rings. The highest BCUT2D eigenvalue weighted by atomic mass is 19.4. The average molecular weight is 473 g/mol. The van der Waals surface area contributed by atoms with Crippen molar-refractivity contribution in [3.05, 3.63) is 47.2 Å². The summed E-state index contributed by atoms with van der Waals surface area (Å²) in [4.78, 5) is 18.0. The van der Waals surface area contributed by atoms with Crippen LogP contribution in [-0.2, 0) is 15.7 Å². The second-order valence-corrected chi connectivity index (χ2v) is 7.49. The molecule has 180 valence electrons. The highest BCUT2D eigenvalue weighted by Crippen LogP contribution is 2.42. The van der Waals surface area contributed by atoms with Crippen molar-refractivity contribution in [2.75, 3.05) is 49.8 Å². The van der Waals surface area contributed by atoms with Crippen LogP contribution in [0, 0.1) is 11.6 Å². The van der Waals surface area contributed by atoms with E-state index in [-0.39, 0.29) is 56.1 Å². The topological polar surface area (TPSA) is 54.9 Å². The molecule has 3 rings (SSSR count). The second kappa shape index (κ2) is 10.3. The number of amides is 1. The van der Waals surface area contributed by atoms with Crippen LogP contribution in [0.3, 0.4) is 0 Å². The fraction of sp³-hybridized carbons (Fsp3) is 0.455. The number of carbonyl (C=O) groups excluding carboxylic acids is 1. The van der Waals surface area contributed by atoms with Gasteiger partial charge in [-0.15, -0.1) is 0 Å². The molecule has 1 aromatic carbocycles. The maximum absolute atomic E-state index is 14.6. The molecule has 6 nitrogen and oxygen atoms in total. The van der Waals surface area contributed by atoms with Gasteiger partial charge in [-0.1, -0.05) is 6.92 Å². The molecule has 1 unspecified atom stereocenters. The van der Waals surface area contributed by atoms with Crippen LogP contribution in [0.1, 0.15) is 30.4 Å². The van der Waals surface area contributed by atoms with Crippen LogP contribution in [0.4, 0.5) is 33.5 Å². The zero-order valence-corrected chi connectivity index (χ0v) is 18.2. The van der Waals surface area contributed by atoms with Gasteiger partial charge in [0.15, 0.2) is 0 Å². The van der Waals surface area contributed by atoms with E-state index < -0.39 is 41.7 Å². The Balaban J connectivity index is 2.03. The summed E-state index contributed by atoms with van der Waals surface area (Å²) in [5.41, 5.74) is -1.54. The fourth-order valence-electron chi connectivity index (χ4n) is 3.91. The molecule has 2 aromatic rings.